The minimum atomic E-state index is -0.191. The summed E-state index contributed by atoms with van der Waals surface area (Å²) in [5.41, 5.74) is 1.88. The number of hydrogen-bond acceptors (Lipinski definition) is 4. The van der Waals surface area contributed by atoms with Crippen molar-refractivity contribution in [2.45, 2.75) is 19.5 Å². The molecule has 1 fully saturated rings. The summed E-state index contributed by atoms with van der Waals surface area (Å²) in [5, 5.41) is 7.28. The van der Waals surface area contributed by atoms with Gasteiger partial charge in [-0.15, -0.1) is 0 Å². The summed E-state index contributed by atoms with van der Waals surface area (Å²) in [6.07, 6.45) is 0. The lowest BCUT2D eigenvalue weighted by atomic mass is 10.0. The van der Waals surface area contributed by atoms with Crippen LogP contribution in [-0.2, 0) is 6.54 Å². The van der Waals surface area contributed by atoms with E-state index in [4.69, 9.17) is 4.52 Å². The predicted molar refractivity (Wildman–Crippen MR) is 73.7 cm³/mol. The van der Waals surface area contributed by atoms with E-state index in [1.807, 2.05) is 19.1 Å². The molecule has 0 amide bonds. The van der Waals surface area contributed by atoms with Crippen LogP contribution in [0.15, 0.2) is 34.9 Å². The van der Waals surface area contributed by atoms with Crippen molar-refractivity contribution in [3.63, 3.8) is 0 Å². The van der Waals surface area contributed by atoms with Crippen LogP contribution in [0.2, 0.25) is 0 Å². The second-order valence-corrected chi connectivity index (χ2v) is 5.18. The van der Waals surface area contributed by atoms with Crippen molar-refractivity contribution < 1.29 is 8.91 Å². The molecule has 4 nitrogen and oxygen atoms in total. The molecule has 1 unspecified atom stereocenters. The summed E-state index contributed by atoms with van der Waals surface area (Å²) in [6.45, 7) is 5.26. The van der Waals surface area contributed by atoms with Crippen molar-refractivity contribution in [1.82, 2.24) is 15.4 Å². The first-order valence-corrected chi connectivity index (χ1v) is 6.85. The second kappa shape index (κ2) is 5.73. The van der Waals surface area contributed by atoms with Gasteiger partial charge < -0.3 is 9.84 Å². The van der Waals surface area contributed by atoms with Gasteiger partial charge >= 0.3 is 0 Å². The van der Waals surface area contributed by atoms with E-state index in [0.717, 1.165) is 36.7 Å². The van der Waals surface area contributed by atoms with E-state index in [2.05, 4.69) is 15.4 Å². The van der Waals surface area contributed by atoms with Gasteiger partial charge in [0.1, 0.15) is 5.82 Å². The van der Waals surface area contributed by atoms with E-state index in [0.29, 0.717) is 6.54 Å². The number of rotatable bonds is 3. The molecule has 2 heterocycles. The Balaban J connectivity index is 1.80. The van der Waals surface area contributed by atoms with Gasteiger partial charge in [0.25, 0.3) is 0 Å². The summed E-state index contributed by atoms with van der Waals surface area (Å²) in [4.78, 5) is 2.30. The van der Waals surface area contributed by atoms with Crippen LogP contribution in [0.25, 0.3) is 0 Å². The maximum atomic E-state index is 13.4. The molecule has 1 N–H and O–H groups in total. The molecule has 1 atom stereocenters. The molecule has 1 saturated heterocycles. The first-order valence-electron chi connectivity index (χ1n) is 6.85. The lowest BCUT2D eigenvalue weighted by Crippen LogP contribution is -2.45. The summed E-state index contributed by atoms with van der Waals surface area (Å²) >= 11 is 0. The number of aromatic nitrogens is 1. The van der Waals surface area contributed by atoms with Crippen molar-refractivity contribution in [3.8, 4) is 0 Å². The average molecular weight is 275 g/mol. The van der Waals surface area contributed by atoms with Gasteiger partial charge in [0, 0.05) is 31.7 Å². The minimum absolute atomic E-state index is 0.157. The van der Waals surface area contributed by atoms with Gasteiger partial charge in [-0.2, -0.15) is 0 Å². The summed E-state index contributed by atoms with van der Waals surface area (Å²) in [6, 6.07) is 8.92. The van der Waals surface area contributed by atoms with E-state index >= 15 is 0 Å². The van der Waals surface area contributed by atoms with E-state index in [1.165, 1.54) is 6.07 Å². The van der Waals surface area contributed by atoms with Crippen molar-refractivity contribution in [3.05, 3.63) is 53.2 Å². The Morgan fingerprint density at radius 3 is 3.10 bits per heavy atom. The van der Waals surface area contributed by atoms with Gasteiger partial charge in [-0.1, -0.05) is 17.3 Å². The fourth-order valence-corrected chi connectivity index (χ4v) is 2.67. The molecule has 1 aromatic carbocycles. The lowest BCUT2D eigenvalue weighted by Gasteiger charge is -2.35. The predicted octanol–water partition coefficient (Wildman–Crippen LogP) is 2.27. The molecule has 3 rings (SSSR count). The number of nitrogens with zero attached hydrogens (tertiary/aromatic N) is 2. The van der Waals surface area contributed by atoms with Crippen LogP contribution in [-0.4, -0.2) is 29.7 Å². The minimum Gasteiger partial charge on any atom is -0.360 e. The molecule has 0 radical (unpaired) electrons. The molecule has 0 saturated carbocycles. The largest absolute Gasteiger partial charge is 0.360 e. The number of hydrogen-bond donors (Lipinski definition) is 1. The van der Waals surface area contributed by atoms with Crippen LogP contribution in [0.3, 0.4) is 0 Å². The first kappa shape index (κ1) is 13.3. The van der Waals surface area contributed by atoms with Gasteiger partial charge in [-0.3, -0.25) is 4.90 Å². The highest BCUT2D eigenvalue weighted by molar-refractivity contribution is 5.21. The van der Waals surface area contributed by atoms with Gasteiger partial charge in [0.15, 0.2) is 5.76 Å². The SMILES string of the molecule is Cc1cc(CN2CCNCC2c2cccc(F)c2)on1. The zero-order chi connectivity index (χ0) is 13.9. The summed E-state index contributed by atoms with van der Waals surface area (Å²) in [7, 11) is 0. The Bertz CT molecular complexity index is 584. The van der Waals surface area contributed by atoms with E-state index in [1.54, 1.807) is 12.1 Å². The van der Waals surface area contributed by atoms with Crippen molar-refractivity contribution in [2.75, 3.05) is 19.6 Å². The number of halogens is 1. The fourth-order valence-electron chi connectivity index (χ4n) is 2.67. The molecule has 106 valence electrons. The first-order chi connectivity index (χ1) is 9.72. The van der Waals surface area contributed by atoms with E-state index in [-0.39, 0.29) is 11.9 Å². The van der Waals surface area contributed by atoms with Crippen LogP contribution >= 0.6 is 0 Å². The van der Waals surface area contributed by atoms with Crippen LogP contribution in [0.1, 0.15) is 23.1 Å². The molecule has 5 heteroatoms. The van der Waals surface area contributed by atoms with E-state index in [9.17, 15) is 4.39 Å². The fraction of sp³-hybridized carbons (Fsp3) is 0.400. The van der Waals surface area contributed by atoms with Crippen LogP contribution in [0.4, 0.5) is 4.39 Å². The number of nitrogens with one attached hydrogen (secondary N) is 1. The maximum Gasteiger partial charge on any atom is 0.150 e. The monoisotopic (exact) mass is 275 g/mol. The quantitative estimate of drug-likeness (QED) is 0.933. The Labute approximate surface area is 117 Å². The molecule has 0 bridgehead atoms. The van der Waals surface area contributed by atoms with Crippen LogP contribution in [0.5, 0.6) is 0 Å². The number of benzene rings is 1. The molecule has 2 aromatic rings. The highest BCUT2D eigenvalue weighted by atomic mass is 19.1. The molecule has 1 aromatic heterocycles. The van der Waals surface area contributed by atoms with E-state index < -0.39 is 0 Å². The van der Waals surface area contributed by atoms with Crippen molar-refractivity contribution in [1.29, 1.82) is 0 Å². The molecule has 1 aliphatic rings. The van der Waals surface area contributed by atoms with Crippen molar-refractivity contribution in [2.24, 2.45) is 0 Å². The standard InChI is InChI=1S/C15H18FN3O/c1-11-7-14(20-18-11)10-19-6-5-17-9-15(19)12-3-2-4-13(16)8-12/h2-4,7-8,15,17H,5-6,9-10H2,1H3. The highest BCUT2D eigenvalue weighted by Gasteiger charge is 2.25. The molecular formula is C15H18FN3O. The zero-order valence-corrected chi connectivity index (χ0v) is 11.5. The van der Waals surface area contributed by atoms with Gasteiger partial charge in [-0.05, 0) is 24.6 Å². The second-order valence-electron chi connectivity index (χ2n) is 5.18. The topological polar surface area (TPSA) is 41.3 Å². The number of aryl methyl sites for hydroxylation is 1. The lowest BCUT2D eigenvalue weighted by molar-refractivity contribution is 0.138. The molecule has 0 spiro atoms. The Hall–Kier alpha value is -1.72. The molecule has 0 aliphatic carbocycles. The molecule has 1 aliphatic heterocycles. The summed E-state index contributed by atoms with van der Waals surface area (Å²) in [5.74, 6) is 0.661. The normalized spacial score (nSPS) is 20.2. The average Bonchev–Trinajstić information content (AvgIpc) is 2.85. The number of piperazine rings is 1. The van der Waals surface area contributed by atoms with Crippen molar-refractivity contribution >= 4 is 0 Å². The van der Waals surface area contributed by atoms with Crippen LogP contribution in [0, 0.1) is 12.7 Å². The smallest absolute Gasteiger partial charge is 0.150 e. The third-order valence-corrected chi connectivity index (χ3v) is 3.62. The highest BCUT2D eigenvalue weighted by Crippen LogP contribution is 2.24. The Morgan fingerprint density at radius 1 is 1.45 bits per heavy atom. The summed E-state index contributed by atoms with van der Waals surface area (Å²) < 4.78 is 18.7. The third kappa shape index (κ3) is 2.89. The molecular weight excluding hydrogens is 257 g/mol. The van der Waals surface area contributed by atoms with Gasteiger partial charge in [-0.25, -0.2) is 4.39 Å². The third-order valence-electron chi connectivity index (χ3n) is 3.62. The zero-order valence-electron chi connectivity index (χ0n) is 11.5. The maximum absolute atomic E-state index is 13.4. The molecule has 20 heavy (non-hydrogen) atoms. The van der Waals surface area contributed by atoms with Crippen LogP contribution < -0.4 is 5.32 Å². The Kier molecular flexibility index (Phi) is 3.80. The van der Waals surface area contributed by atoms with Gasteiger partial charge in [0.05, 0.1) is 12.2 Å². The Morgan fingerprint density at radius 2 is 2.35 bits per heavy atom. The van der Waals surface area contributed by atoms with Gasteiger partial charge in [0.2, 0.25) is 0 Å².